The van der Waals surface area contributed by atoms with E-state index in [-0.39, 0.29) is 11.3 Å². The van der Waals surface area contributed by atoms with E-state index in [9.17, 15) is 19.7 Å². The molecule has 0 bridgehead atoms. The number of amides is 2. The summed E-state index contributed by atoms with van der Waals surface area (Å²) < 4.78 is 0. The SMILES string of the molecule is Cc1nc(-c2ccccc2)sc1C(=O)NNC(=O)c1c[nH]c2ccc([N+](=O)[O-])cc12. The molecule has 0 fully saturated rings. The Kier molecular flexibility index (Phi) is 4.98. The van der Waals surface area contributed by atoms with E-state index in [1.54, 1.807) is 6.92 Å². The van der Waals surface area contributed by atoms with Crippen molar-refractivity contribution in [2.45, 2.75) is 6.92 Å². The van der Waals surface area contributed by atoms with Crippen LogP contribution in [0.2, 0.25) is 0 Å². The Morgan fingerprint density at radius 1 is 1.10 bits per heavy atom. The molecule has 0 radical (unpaired) electrons. The minimum Gasteiger partial charge on any atom is -0.360 e. The molecule has 2 amide bonds. The maximum absolute atomic E-state index is 12.5. The van der Waals surface area contributed by atoms with E-state index < -0.39 is 16.7 Å². The van der Waals surface area contributed by atoms with E-state index in [4.69, 9.17) is 0 Å². The molecule has 0 aliphatic rings. The molecule has 0 unspecified atom stereocenters. The lowest BCUT2D eigenvalue weighted by Gasteiger charge is -2.06. The topological polar surface area (TPSA) is 130 Å². The van der Waals surface area contributed by atoms with Crippen molar-refractivity contribution in [2.24, 2.45) is 0 Å². The zero-order chi connectivity index (χ0) is 21.3. The number of aromatic nitrogens is 2. The normalized spacial score (nSPS) is 10.7. The van der Waals surface area contributed by atoms with Crippen molar-refractivity contribution < 1.29 is 14.5 Å². The number of thiazole rings is 1. The second-order valence-electron chi connectivity index (χ2n) is 6.40. The molecule has 2 aromatic heterocycles. The number of nitro groups is 1. The van der Waals surface area contributed by atoms with Gasteiger partial charge in [0.15, 0.2) is 0 Å². The molecule has 0 atom stereocenters. The van der Waals surface area contributed by atoms with Crippen LogP contribution in [0.3, 0.4) is 0 Å². The maximum atomic E-state index is 12.5. The van der Waals surface area contributed by atoms with Gasteiger partial charge in [-0.15, -0.1) is 11.3 Å². The Bertz CT molecular complexity index is 1280. The van der Waals surface area contributed by atoms with Crippen LogP contribution in [-0.2, 0) is 0 Å². The van der Waals surface area contributed by atoms with E-state index >= 15 is 0 Å². The molecule has 2 heterocycles. The first-order valence-corrected chi connectivity index (χ1v) is 9.65. The fourth-order valence-corrected chi connectivity index (χ4v) is 3.93. The second-order valence-corrected chi connectivity index (χ2v) is 7.40. The molecule has 10 heteroatoms. The van der Waals surface area contributed by atoms with Crippen molar-refractivity contribution in [1.29, 1.82) is 0 Å². The molecule has 150 valence electrons. The molecule has 0 saturated carbocycles. The zero-order valence-electron chi connectivity index (χ0n) is 15.6. The number of H-pyrrole nitrogens is 1. The maximum Gasteiger partial charge on any atom is 0.281 e. The van der Waals surface area contributed by atoms with Crippen molar-refractivity contribution in [1.82, 2.24) is 20.8 Å². The average Bonchev–Trinajstić information content (AvgIpc) is 3.35. The summed E-state index contributed by atoms with van der Waals surface area (Å²) in [7, 11) is 0. The summed E-state index contributed by atoms with van der Waals surface area (Å²) in [5.74, 6) is -1.09. The third kappa shape index (κ3) is 3.63. The third-order valence-electron chi connectivity index (χ3n) is 4.43. The minimum absolute atomic E-state index is 0.131. The summed E-state index contributed by atoms with van der Waals surface area (Å²) >= 11 is 1.22. The number of hydrazine groups is 1. The summed E-state index contributed by atoms with van der Waals surface area (Å²) in [4.78, 5) is 43.2. The van der Waals surface area contributed by atoms with Gasteiger partial charge in [-0.25, -0.2) is 4.98 Å². The third-order valence-corrected chi connectivity index (χ3v) is 5.64. The lowest BCUT2D eigenvalue weighted by Crippen LogP contribution is -2.41. The minimum atomic E-state index is -0.597. The van der Waals surface area contributed by atoms with Gasteiger partial charge in [-0.1, -0.05) is 30.3 Å². The molecule has 4 rings (SSSR count). The molecule has 0 saturated heterocycles. The number of nitrogens with zero attached hydrogens (tertiary/aromatic N) is 2. The largest absolute Gasteiger partial charge is 0.360 e. The van der Waals surface area contributed by atoms with Gasteiger partial charge < -0.3 is 4.98 Å². The van der Waals surface area contributed by atoms with Crippen LogP contribution in [0.15, 0.2) is 54.7 Å². The quantitative estimate of drug-likeness (QED) is 0.342. The van der Waals surface area contributed by atoms with Gasteiger partial charge in [0.1, 0.15) is 9.88 Å². The fourth-order valence-electron chi connectivity index (χ4n) is 2.96. The number of nitro benzene ring substituents is 1. The van der Waals surface area contributed by atoms with Gasteiger partial charge in [-0.3, -0.25) is 30.6 Å². The molecule has 0 aliphatic carbocycles. The number of non-ortho nitro benzene ring substituents is 1. The van der Waals surface area contributed by atoms with Crippen molar-refractivity contribution in [2.75, 3.05) is 0 Å². The number of rotatable bonds is 4. The Morgan fingerprint density at radius 2 is 1.83 bits per heavy atom. The van der Waals surface area contributed by atoms with E-state index in [1.807, 2.05) is 30.3 Å². The van der Waals surface area contributed by atoms with E-state index in [1.165, 1.54) is 35.7 Å². The molecular weight excluding hydrogens is 406 g/mol. The van der Waals surface area contributed by atoms with Crippen molar-refractivity contribution >= 4 is 39.7 Å². The van der Waals surface area contributed by atoms with Gasteiger partial charge in [0, 0.05) is 34.8 Å². The van der Waals surface area contributed by atoms with Gasteiger partial charge in [0.05, 0.1) is 16.2 Å². The summed E-state index contributed by atoms with van der Waals surface area (Å²) in [5, 5.41) is 12.1. The van der Waals surface area contributed by atoms with Crippen molar-refractivity contribution in [3.05, 3.63) is 81.0 Å². The number of benzene rings is 2. The van der Waals surface area contributed by atoms with Crippen LogP contribution >= 0.6 is 11.3 Å². The monoisotopic (exact) mass is 421 g/mol. The first-order chi connectivity index (χ1) is 14.4. The van der Waals surface area contributed by atoms with Gasteiger partial charge in [-0.2, -0.15) is 0 Å². The molecule has 0 aliphatic heterocycles. The van der Waals surface area contributed by atoms with Gasteiger partial charge in [-0.05, 0) is 13.0 Å². The van der Waals surface area contributed by atoms with E-state index in [2.05, 4.69) is 20.8 Å². The number of aromatic amines is 1. The van der Waals surface area contributed by atoms with Gasteiger partial charge >= 0.3 is 0 Å². The van der Waals surface area contributed by atoms with Crippen LogP contribution in [0, 0.1) is 17.0 Å². The van der Waals surface area contributed by atoms with E-state index in [0.717, 1.165) is 5.56 Å². The van der Waals surface area contributed by atoms with E-state index in [0.29, 0.717) is 26.5 Å². The summed E-state index contributed by atoms with van der Waals surface area (Å²) in [6.45, 7) is 1.72. The Morgan fingerprint density at radius 3 is 2.57 bits per heavy atom. The lowest BCUT2D eigenvalue weighted by molar-refractivity contribution is -0.384. The van der Waals surface area contributed by atoms with Crippen LogP contribution < -0.4 is 10.9 Å². The molecule has 30 heavy (non-hydrogen) atoms. The Hall–Kier alpha value is -4.05. The molecular formula is C20H15N5O4S. The number of hydrogen-bond acceptors (Lipinski definition) is 6. The number of carbonyl (C=O) groups is 2. The number of nitrogens with one attached hydrogen (secondary N) is 3. The van der Waals surface area contributed by atoms with Gasteiger partial charge in [0.25, 0.3) is 17.5 Å². The molecule has 4 aromatic rings. The zero-order valence-corrected chi connectivity index (χ0v) is 16.4. The summed E-state index contributed by atoms with van der Waals surface area (Å²) in [6.07, 6.45) is 1.43. The number of fused-ring (bicyclic) bond motifs is 1. The second kappa shape index (κ2) is 7.76. The number of carbonyl (C=O) groups excluding carboxylic acids is 2. The first-order valence-electron chi connectivity index (χ1n) is 8.83. The molecule has 3 N–H and O–H groups in total. The van der Waals surface area contributed by atoms with Crippen molar-refractivity contribution in [3.63, 3.8) is 0 Å². The van der Waals surface area contributed by atoms with Crippen LogP contribution in [0.1, 0.15) is 25.7 Å². The summed E-state index contributed by atoms with van der Waals surface area (Å²) in [6, 6.07) is 13.6. The smallest absolute Gasteiger partial charge is 0.281 e. The highest BCUT2D eigenvalue weighted by Gasteiger charge is 2.19. The lowest BCUT2D eigenvalue weighted by atomic mass is 10.1. The van der Waals surface area contributed by atoms with Crippen LogP contribution in [0.25, 0.3) is 21.5 Å². The number of aryl methyl sites for hydroxylation is 1. The first kappa shape index (κ1) is 19.3. The van der Waals surface area contributed by atoms with Crippen molar-refractivity contribution in [3.8, 4) is 10.6 Å². The Balaban J connectivity index is 1.50. The molecule has 2 aromatic carbocycles. The fraction of sp³-hybridized carbons (Fsp3) is 0.0500. The summed E-state index contributed by atoms with van der Waals surface area (Å²) in [5.41, 5.74) is 6.80. The van der Waals surface area contributed by atoms with Crippen LogP contribution in [0.4, 0.5) is 5.69 Å². The molecule has 0 spiro atoms. The predicted molar refractivity (Wildman–Crippen MR) is 112 cm³/mol. The Labute approximate surface area is 173 Å². The average molecular weight is 421 g/mol. The van der Waals surface area contributed by atoms with Crippen LogP contribution in [0.5, 0.6) is 0 Å². The highest BCUT2D eigenvalue weighted by Crippen LogP contribution is 2.27. The standard InChI is InChI=1S/C20H15N5O4S/c1-11-17(30-20(22-11)12-5-3-2-4-6-12)19(27)24-23-18(26)15-10-21-16-8-7-13(25(28)29)9-14(15)16/h2-10,21H,1H3,(H,23,26)(H,24,27). The highest BCUT2D eigenvalue weighted by atomic mass is 32.1. The van der Waals surface area contributed by atoms with Crippen LogP contribution in [-0.4, -0.2) is 26.7 Å². The van der Waals surface area contributed by atoms with Gasteiger partial charge in [0.2, 0.25) is 0 Å². The predicted octanol–water partition coefficient (Wildman–Crippen LogP) is 3.58. The molecule has 9 nitrogen and oxygen atoms in total. The number of hydrogen-bond donors (Lipinski definition) is 3. The highest BCUT2D eigenvalue weighted by molar-refractivity contribution is 7.17.